The van der Waals surface area contributed by atoms with Crippen LogP contribution in [0.1, 0.15) is 45.1 Å². The van der Waals surface area contributed by atoms with Gasteiger partial charge in [-0.3, -0.25) is 14.5 Å². The zero-order chi connectivity index (χ0) is 19.1. The Hall–Kier alpha value is -2.08. The molecule has 1 unspecified atom stereocenters. The molecule has 1 aliphatic heterocycles. The van der Waals surface area contributed by atoms with Crippen molar-refractivity contribution in [3.05, 3.63) is 23.8 Å². The minimum absolute atomic E-state index is 0.0213. The third kappa shape index (κ3) is 5.21. The Balaban J connectivity index is 2.02. The third-order valence-electron chi connectivity index (χ3n) is 5.11. The van der Waals surface area contributed by atoms with E-state index in [0.717, 1.165) is 62.4 Å². The highest BCUT2D eigenvalue weighted by molar-refractivity contribution is 5.94. The van der Waals surface area contributed by atoms with E-state index in [0.29, 0.717) is 0 Å². The number of carboxylic acid groups (broad SMARTS) is 1. The van der Waals surface area contributed by atoms with Gasteiger partial charge >= 0.3 is 5.97 Å². The Kier molecular flexibility index (Phi) is 7.45. The van der Waals surface area contributed by atoms with Crippen molar-refractivity contribution in [2.45, 2.75) is 52.5 Å². The Morgan fingerprint density at radius 2 is 1.85 bits per heavy atom. The number of likely N-dealkylation sites (tertiary alicyclic amines) is 1. The average molecular weight is 361 g/mol. The summed E-state index contributed by atoms with van der Waals surface area (Å²) >= 11 is 0. The molecule has 0 radical (unpaired) electrons. The van der Waals surface area contributed by atoms with Crippen molar-refractivity contribution in [3.8, 4) is 0 Å². The first-order chi connectivity index (χ1) is 12.5. The quantitative estimate of drug-likeness (QED) is 0.744. The molecule has 2 N–H and O–H groups in total. The van der Waals surface area contributed by atoms with E-state index in [-0.39, 0.29) is 12.3 Å². The number of amides is 1. The number of carboxylic acids is 1. The summed E-state index contributed by atoms with van der Waals surface area (Å²) in [4.78, 5) is 28.2. The van der Waals surface area contributed by atoms with Crippen LogP contribution in [0.5, 0.6) is 0 Å². The highest BCUT2D eigenvalue weighted by Gasteiger charge is 2.29. The van der Waals surface area contributed by atoms with Crippen molar-refractivity contribution in [1.29, 1.82) is 0 Å². The van der Waals surface area contributed by atoms with Gasteiger partial charge in [0.2, 0.25) is 5.91 Å². The maximum Gasteiger partial charge on any atom is 0.321 e. The van der Waals surface area contributed by atoms with Crippen LogP contribution in [-0.2, 0) is 9.59 Å². The van der Waals surface area contributed by atoms with Gasteiger partial charge < -0.3 is 15.3 Å². The molecule has 1 saturated heterocycles. The van der Waals surface area contributed by atoms with Crippen LogP contribution < -0.4 is 10.2 Å². The molecule has 144 valence electrons. The second-order valence-electron chi connectivity index (χ2n) is 6.87. The summed E-state index contributed by atoms with van der Waals surface area (Å²) in [6.07, 6.45) is 3.11. The summed E-state index contributed by atoms with van der Waals surface area (Å²) in [6.45, 7) is 9.55. The summed E-state index contributed by atoms with van der Waals surface area (Å²) in [5.74, 6) is -1.17. The van der Waals surface area contributed by atoms with E-state index < -0.39 is 12.0 Å². The molecule has 0 saturated carbocycles. The van der Waals surface area contributed by atoms with E-state index in [1.165, 1.54) is 0 Å². The smallest absolute Gasteiger partial charge is 0.321 e. The highest BCUT2D eigenvalue weighted by Crippen LogP contribution is 2.23. The van der Waals surface area contributed by atoms with Crippen LogP contribution in [0.25, 0.3) is 0 Å². The number of anilines is 2. The van der Waals surface area contributed by atoms with Gasteiger partial charge in [0.25, 0.3) is 0 Å². The van der Waals surface area contributed by atoms with Crippen LogP contribution in [0.15, 0.2) is 18.2 Å². The van der Waals surface area contributed by atoms with Crippen LogP contribution in [0.4, 0.5) is 11.4 Å². The Bertz CT molecular complexity index is 623. The predicted octanol–water partition coefficient (Wildman–Crippen LogP) is 3.11. The first kappa shape index (κ1) is 20.2. The Morgan fingerprint density at radius 3 is 2.38 bits per heavy atom. The van der Waals surface area contributed by atoms with Gasteiger partial charge in [-0.15, -0.1) is 0 Å². The van der Waals surface area contributed by atoms with E-state index in [9.17, 15) is 14.7 Å². The summed E-state index contributed by atoms with van der Waals surface area (Å²) in [5.41, 5.74) is 2.85. The molecule has 0 aliphatic carbocycles. The van der Waals surface area contributed by atoms with Gasteiger partial charge in [-0.2, -0.15) is 0 Å². The lowest BCUT2D eigenvalue weighted by atomic mass is 10.1. The highest BCUT2D eigenvalue weighted by atomic mass is 16.4. The molecule has 2 rings (SSSR count). The molecule has 0 aromatic heterocycles. The lowest BCUT2D eigenvalue weighted by molar-refractivity contribution is -0.145. The molecule has 1 heterocycles. The van der Waals surface area contributed by atoms with Crippen molar-refractivity contribution in [2.24, 2.45) is 0 Å². The topological polar surface area (TPSA) is 72.9 Å². The number of rotatable bonds is 8. The second kappa shape index (κ2) is 9.57. The largest absolute Gasteiger partial charge is 0.480 e. The van der Waals surface area contributed by atoms with Gasteiger partial charge in [0.1, 0.15) is 6.04 Å². The number of nitrogens with one attached hydrogen (secondary N) is 1. The minimum atomic E-state index is -0.921. The van der Waals surface area contributed by atoms with Crippen molar-refractivity contribution < 1.29 is 14.7 Å². The first-order valence-electron chi connectivity index (χ1n) is 9.58. The average Bonchev–Trinajstić information content (AvgIpc) is 2.63. The van der Waals surface area contributed by atoms with Crippen molar-refractivity contribution in [2.75, 3.05) is 36.4 Å². The van der Waals surface area contributed by atoms with Crippen LogP contribution in [-0.4, -0.2) is 54.1 Å². The minimum Gasteiger partial charge on any atom is -0.480 e. The van der Waals surface area contributed by atoms with Gasteiger partial charge in [0, 0.05) is 24.5 Å². The summed E-state index contributed by atoms with van der Waals surface area (Å²) < 4.78 is 0. The molecule has 1 aromatic rings. The Morgan fingerprint density at radius 1 is 1.19 bits per heavy atom. The molecule has 1 fully saturated rings. The lowest BCUT2D eigenvalue weighted by Crippen LogP contribution is -2.45. The number of hydrogen-bond donors (Lipinski definition) is 2. The number of benzene rings is 1. The molecule has 6 heteroatoms. The molecular formula is C20H31N3O3. The predicted molar refractivity (Wildman–Crippen MR) is 105 cm³/mol. The normalized spacial score (nSPS) is 16.1. The van der Waals surface area contributed by atoms with Gasteiger partial charge in [-0.25, -0.2) is 0 Å². The number of aryl methyl sites for hydroxylation is 1. The number of carbonyl (C=O) groups excluding carboxylic acids is 1. The van der Waals surface area contributed by atoms with E-state index >= 15 is 0 Å². The van der Waals surface area contributed by atoms with E-state index in [1.807, 2.05) is 24.0 Å². The molecule has 1 aliphatic rings. The van der Waals surface area contributed by atoms with Crippen LogP contribution in [0.3, 0.4) is 0 Å². The van der Waals surface area contributed by atoms with Crippen molar-refractivity contribution in [1.82, 2.24) is 4.90 Å². The van der Waals surface area contributed by atoms with E-state index in [4.69, 9.17) is 0 Å². The van der Waals surface area contributed by atoms with Gasteiger partial charge in [0.05, 0.1) is 6.42 Å². The van der Waals surface area contributed by atoms with Gasteiger partial charge in [-0.1, -0.05) is 6.42 Å². The number of aliphatic carboxylic acids is 1. The van der Waals surface area contributed by atoms with Crippen molar-refractivity contribution in [3.63, 3.8) is 0 Å². The zero-order valence-corrected chi connectivity index (χ0v) is 16.1. The molecule has 0 bridgehead atoms. The van der Waals surface area contributed by atoms with Crippen molar-refractivity contribution >= 4 is 23.3 Å². The second-order valence-corrected chi connectivity index (χ2v) is 6.87. The summed E-state index contributed by atoms with van der Waals surface area (Å²) in [7, 11) is 0. The maximum atomic E-state index is 12.4. The van der Waals surface area contributed by atoms with Crippen LogP contribution in [0, 0.1) is 6.92 Å². The van der Waals surface area contributed by atoms with E-state index in [1.54, 1.807) is 0 Å². The number of nitrogens with zero attached hydrogens (tertiary/aromatic N) is 2. The number of hydrogen-bond acceptors (Lipinski definition) is 4. The standard InChI is InChI=1S/C20H31N3O3/c1-4-22(5-2)16-9-10-17(15(3)13-16)21-19(24)14-18(20(25)26)23-11-7-6-8-12-23/h9-10,13,18H,4-8,11-12,14H2,1-3H3,(H,21,24)(H,25,26). The summed E-state index contributed by atoms with van der Waals surface area (Å²) in [6, 6.07) is 5.21. The molecule has 0 spiro atoms. The molecule has 26 heavy (non-hydrogen) atoms. The molecule has 1 amide bonds. The molecular weight excluding hydrogens is 330 g/mol. The first-order valence-corrected chi connectivity index (χ1v) is 9.58. The van der Waals surface area contributed by atoms with Gasteiger partial charge in [0.15, 0.2) is 0 Å². The van der Waals surface area contributed by atoms with E-state index in [2.05, 4.69) is 30.1 Å². The van der Waals surface area contributed by atoms with Crippen LogP contribution >= 0.6 is 0 Å². The Labute approximate surface area is 156 Å². The fourth-order valence-corrected chi connectivity index (χ4v) is 3.55. The van der Waals surface area contributed by atoms with Gasteiger partial charge in [-0.05, 0) is 70.5 Å². The fourth-order valence-electron chi connectivity index (χ4n) is 3.55. The molecule has 1 atom stereocenters. The number of carbonyl (C=O) groups is 2. The lowest BCUT2D eigenvalue weighted by Gasteiger charge is -2.31. The maximum absolute atomic E-state index is 12.4. The summed E-state index contributed by atoms with van der Waals surface area (Å²) in [5, 5.41) is 12.4. The fraction of sp³-hybridized carbons (Fsp3) is 0.600. The SMILES string of the molecule is CCN(CC)c1ccc(NC(=O)CC(C(=O)O)N2CCCCC2)c(C)c1. The monoisotopic (exact) mass is 361 g/mol. The third-order valence-corrected chi connectivity index (χ3v) is 5.11. The van der Waals surface area contributed by atoms with Crippen LogP contribution in [0.2, 0.25) is 0 Å². The number of piperidine rings is 1. The molecule has 6 nitrogen and oxygen atoms in total. The zero-order valence-electron chi connectivity index (χ0n) is 16.1. The molecule has 1 aromatic carbocycles.